The van der Waals surface area contributed by atoms with Crippen molar-refractivity contribution < 1.29 is 0 Å². The van der Waals surface area contributed by atoms with E-state index in [-0.39, 0.29) is 13.5 Å². The molecule has 0 bridgehead atoms. The topological polar surface area (TPSA) is 6.48 Å². The largest absolute Gasteiger partial charge is 0.366 e. The van der Waals surface area contributed by atoms with Gasteiger partial charge in [-0.25, -0.2) is 0 Å². The van der Waals surface area contributed by atoms with Crippen molar-refractivity contribution in [3.05, 3.63) is 30.3 Å². The van der Waals surface area contributed by atoms with Crippen LogP contribution >= 0.6 is 13.5 Å². The van der Waals surface area contributed by atoms with Crippen LogP contribution in [-0.2, 0) is 0 Å². The summed E-state index contributed by atoms with van der Waals surface area (Å²) in [7, 11) is 2.19. The number of likely N-dealkylation sites (N-methyl/N-ethyl adjacent to an activating group) is 1. The average molecular weight is 224 g/mol. The Balaban J connectivity index is 0.00000112. The SMILES string of the molecule is C[C@H]1CN(C)CCN1c1ccccc1.S. The quantitative estimate of drug-likeness (QED) is 0.719. The van der Waals surface area contributed by atoms with Gasteiger partial charge in [0.1, 0.15) is 0 Å². The van der Waals surface area contributed by atoms with Crippen molar-refractivity contribution in [3.63, 3.8) is 0 Å². The third-order valence-electron chi connectivity index (χ3n) is 2.92. The van der Waals surface area contributed by atoms with Crippen LogP contribution in [0.5, 0.6) is 0 Å². The summed E-state index contributed by atoms with van der Waals surface area (Å²) in [5, 5.41) is 0. The molecular weight excluding hydrogens is 204 g/mol. The van der Waals surface area contributed by atoms with Gasteiger partial charge in [-0.05, 0) is 26.1 Å². The highest BCUT2D eigenvalue weighted by Crippen LogP contribution is 2.18. The smallest absolute Gasteiger partial charge is 0.0389 e. The number of para-hydroxylation sites is 1. The van der Waals surface area contributed by atoms with Crippen molar-refractivity contribution in [2.75, 3.05) is 31.6 Å². The number of hydrogen-bond donors (Lipinski definition) is 0. The summed E-state index contributed by atoms with van der Waals surface area (Å²) in [5.41, 5.74) is 1.35. The van der Waals surface area contributed by atoms with Crippen LogP contribution in [0.1, 0.15) is 6.92 Å². The third-order valence-corrected chi connectivity index (χ3v) is 2.92. The van der Waals surface area contributed by atoms with Crippen LogP contribution in [0.4, 0.5) is 5.69 Å². The minimum atomic E-state index is 0. The van der Waals surface area contributed by atoms with E-state index in [1.54, 1.807) is 0 Å². The normalized spacial score (nSPS) is 22.3. The van der Waals surface area contributed by atoms with Gasteiger partial charge in [-0.3, -0.25) is 0 Å². The van der Waals surface area contributed by atoms with Crippen molar-refractivity contribution in [2.45, 2.75) is 13.0 Å². The molecule has 1 atom stereocenters. The molecule has 0 radical (unpaired) electrons. The molecule has 1 aromatic rings. The van der Waals surface area contributed by atoms with Gasteiger partial charge in [0.2, 0.25) is 0 Å². The summed E-state index contributed by atoms with van der Waals surface area (Å²) < 4.78 is 0. The van der Waals surface area contributed by atoms with Crippen LogP contribution in [0.2, 0.25) is 0 Å². The molecule has 0 aliphatic carbocycles. The number of hydrogen-bond acceptors (Lipinski definition) is 2. The first-order chi connectivity index (χ1) is 6.77. The van der Waals surface area contributed by atoms with E-state index in [0.29, 0.717) is 6.04 Å². The van der Waals surface area contributed by atoms with Crippen LogP contribution in [0.15, 0.2) is 30.3 Å². The van der Waals surface area contributed by atoms with Gasteiger partial charge in [-0.15, -0.1) is 0 Å². The summed E-state index contributed by atoms with van der Waals surface area (Å²) >= 11 is 0. The Morgan fingerprint density at radius 2 is 1.80 bits per heavy atom. The Labute approximate surface area is 99.3 Å². The van der Waals surface area contributed by atoms with Crippen molar-refractivity contribution in [2.24, 2.45) is 0 Å². The van der Waals surface area contributed by atoms with E-state index in [1.807, 2.05) is 0 Å². The monoisotopic (exact) mass is 224 g/mol. The minimum Gasteiger partial charge on any atom is -0.366 e. The van der Waals surface area contributed by atoms with Gasteiger partial charge in [0.15, 0.2) is 0 Å². The van der Waals surface area contributed by atoms with Crippen LogP contribution in [0, 0.1) is 0 Å². The Morgan fingerprint density at radius 3 is 2.40 bits per heavy atom. The van der Waals surface area contributed by atoms with Crippen LogP contribution < -0.4 is 4.90 Å². The number of piperazine rings is 1. The van der Waals surface area contributed by atoms with Gasteiger partial charge in [-0.1, -0.05) is 18.2 Å². The summed E-state index contributed by atoms with van der Waals surface area (Å²) in [5.74, 6) is 0. The van der Waals surface area contributed by atoms with E-state index in [4.69, 9.17) is 0 Å². The summed E-state index contributed by atoms with van der Waals surface area (Å²) in [6.07, 6.45) is 0. The first-order valence-corrected chi connectivity index (χ1v) is 5.27. The first-order valence-electron chi connectivity index (χ1n) is 5.27. The molecule has 0 spiro atoms. The lowest BCUT2D eigenvalue weighted by Crippen LogP contribution is -2.50. The zero-order chi connectivity index (χ0) is 9.97. The van der Waals surface area contributed by atoms with Crippen molar-refractivity contribution >= 4 is 19.2 Å². The van der Waals surface area contributed by atoms with E-state index < -0.39 is 0 Å². The fraction of sp³-hybridized carbons (Fsp3) is 0.500. The lowest BCUT2D eigenvalue weighted by atomic mass is 10.1. The van der Waals surface area contributed by atoms with Crippen LogP contribution in [-0.4, -0.2) is 37.6 Å². The van der Waals surface area contributed by atoms with Gasteiger partial charge in [0.05, 0.1) is 0 Å². The lowest BCUT2D eigenvalue weighted by molar-refractivity contribution is 0.275. The predicted octanol–water partition coefficient (Wildman–Crippen LogP) is 1.94. The highest BCUT2D eigenvalue weighted by atomic mass is 32.1. The molecule has 1 heterocycles. The lowest BCUT2D eigenvalue weighted by Gasteiger charge is -2.39. The zero-order valence-electron chi connectivity index (χ0n) is 9.48. The van der Waals surface area contributed by atoms with E-state index in [9.17, 15) is 0 Å². The molecule has 0 N–H and O–H groups in total. The predicted molar refractivity (Wildman–Crippen MR) is 71.1 cm³/mol. The van der Waals surface area contributed by atoms with Crippen molar-refractivity contribution in [1.29, 1.82) is 0 Å². The summed E-state index contributed by atoms with van der Waals surface area (Å²) in [4.78, 5) is 4.88. The highest BCUT2D eigenvalue weighted by Gasteiger charge is 2.20. The Kier molecular flexibility index (Phi) is 4.48. The van der Waals surface area contributed by atoms with E-state index in [0.717, 1.165) is 13.1 Å². The summed E-state index contributed by atoms with van der Waals surface area (Å²) in [6, 6.07) is 11.3. The molecule has 0 aromatic heterocycles. The molecule has 2 rings (SSSR count). The molecule has 84 valence electrons. The molecule has 0 saturated carbocycles. The molecule has 0 unspecified atom stereocenters. The van der Waals surface area contributed by atoms with Crippen molar-refractivity contribution in [1.82, 2.24) is 4.90 Å². The molecule has 3 heteroatoms. The van der Waals surface area contributed by atoms with E-state index in [2.05, 4.69) is 54.1 Å². The standard InChI is InChI=1S/C12H18N2.H2S/c1-11-10-13(2)8-9-14(11)12-6-4-3-5-7-12;/h3-7,11H,8-10H2,1-2H3;1H2/t11-;/m0./s1. The molecule has 1 saturated heterocycles. The molecule has 1 fully saturated rings. The average Bonchev–Trinajstić information content (AvgIpc) is 2.19. The summed E-state index contributed by atoms with van der Waals surface area (Å²) in [6.45, 7) is 5.76. The molecule has 1 aromatic carbocycles. The second kappa shape index (κ2) is 5.42. The van der Waals surface area contributed by atoms with E-state index >= 15 is 0 Å². The van der Waals surface area contributed by atoms with Gasteiger partial charge in [0.25, 0.3) is 0 Å². The highest BCUT2D eigenvalue weighted by molar-refractivity contribution is 7.59. The number of rotatable bonds is 1. The fourth-order valence-electron chi connectivity index (χ4n) is 2.14. The second-order valence-electron chi connectivity index (χ2n) is 4.14. The Bertz CT molecular complexity index is 289. The van der Waals surface area contributed by atoms with E-state index in [1.165, 1.54) is 12.2 Å². The number of benzene rings is 1. The first kappa shape index (κ1) is 12.4. The molecule has 1 aliphatic rings. The molecule has 2 nitrogen and oxygen atoms in total. The number of nitrogens with zero attached hydrogens (tertiary/aromatic N) is 2. The third kappa shape index (κ3) is 2.89. The Hall–Kier alpha value is -0.670. The van der Waals surface area contributed by atoms with Crippen LogP contribution in [0.3, 0.4) is 0 Å². The number of anilines is 1. The Morgan fingerprint density at radius 1 is 1.13 bits per heavy atom. The molecule has 0 amide bonds. The van der Waals surface area contributed by atoms with Gasteiger partial charge in [0, 0.05) is 31.4 Å². The maximum atomic E-state index is 2.49. The molecule has 15 heavy (non-hydrogen) atoms. The van der Waals surface area contributed by atoms with Crippen molar-refractivity contribution in [3.8, 4) is 0 Å². The van der Waals surface area contributed by atoms with Gasteiger partial charge >= 0.3 is 0 Å². The zero-order valence-corrected chi connectivity index (χ0v) is 10.5. The van der Waals surface area contributed by atoms with Gasteiger partial charge in [-0.2, -0.15) is 13.5 Å². The van der Waals surface area contributed by atoms with Gasteiger partial charge < -0.3 is 9.80 Å². The molecule has 1 aliphatic heterocycles. The molecular formula is C12H20N2S. The second-order valence-corrected chi connectivity index (χ2v) is 4.14. The maximum absolute atomic E-state index is 2.49. The fourth-order valence-corrected chi connectivity index (χ4v) is 2.14. The minimum absolute atomic E-state index is 0. The van der Waals surface area contributed by atoms with Crippen LogP contribution in [0.25, 0.3) is 0 Å². The maximum Gasteiger partial charge on any atom is 0.0389 e.